The van der Waals surface area contributed by atoms with E-state index in [0.717, 1.165) is 52.0 Å². The SMILES string of the molecule is O=C(NCC1(c2ccccc2)CCOCC1)N1CCC[C@H]1Cn1cccn1. The van der Waals surface area contributed by atoms with E-state index in [2.05, 4.69) is 34.7 Å². The van der Waals surface area contributed by atoms with Crippen molar-refractivity contribution in [3.8, 4) is 0 Å². The van der Waals surface area contributed by atoms with E-state index < -0.39 is 0 Å². The first-order chi connectivity index (χ1) is 13.3. The third kappa shape index (κ3) is 4.00. The molecule has 6 heteroatoms. The molecule has 144 valence electrons. The van der Waals surface area contributed by atoms with Gasteiger partial charge in [0.15, 0.2) is 0 Å². The van der Waals surface area contributed by atoms with Crippen LogP contribution >= 0.6 is 0 Å². The summed E-state index contributed by atoms with van der Waals surface area (Å²) >= 11 is 0. The van der Waals surface area contributed by atoms with Crippen molar-refractivity contribution < 1.29 is 9.53 Å². The van der Waals surface area contributed by atoms with Gasteiger partial charge in [-0.05, 0) is 37.3 Å². The van der Waals surface area contributed by atoms with Crippen LogP contribution < -0.4 is 5.32 Å². The van der Waals surface area contributed by atoms with Crippen molar-refractivity contribution in [2.75, 3.05) is 26.3 Å². The predicted molar refractivity (Wildman–Crippen MR) is 104 cm³/mol. The molecule has 0 unspecified atom stereocenters. The van der Waals surface area contributed by atoms with Gasteiger partial charge in [0.1, 0.15) is 0 Å². The van der Waals surface area contributed by atoms with Crippen LogP contribution in [0.15, 0.2) is 48.8 Å². The highest BCUT2D eigenvalue weighted by atomic mass is 16.5. The standard InChI is InChI=1S/C21H28N4O2/c26-20(25-13-4-8-19(25)16-24-12-5-11-23-24)22-17-21(9-14-27-15-10-21)18-6-2-1-3-7-18/h1-3,5-7,11-12,19H,4,8-10,13-17H2,(H,22,26)/t19-/m0/s1. The summed E-state index contributed by atoms with van der Waals surface area (Å²) in [6, 6.07) is 12.7. The van der Waals surface area contributed by atoms with Gasteiger partial charge in [0.05, 0.1) is 12.6 Å². The Bertz CT molecular complexity index is 726. The van der Waals surface area contributed by atoms with Gasteiger partial charge in [0.2, 0.25) is 0 Å². The molecule has 1 atom stereocenters. The molecule has 2 aliphatic heterocycles. The first-order valence-corrected chi connectivity index (χ1v) is 9.92. The Morgan fingerprint density at radius 2 is 2.04 bits per heavy atom. The number of aromatic nitrogens is 2. The third-order valence-electron chi connectivity index (χ3n) is 6.01. The van der Waals surface area contributed by atoms with Gasteiger partial charge in [0.25, 0.3) is 0 Å². The molecule has 0 bridgehead atoms. The minimum Gasteiger partial charge on any atom is -0.381 e. The van der Waals surface area contributed by atoms with Gasteiger partial charge in [-0.15, -0.1) is 0 Å². The van der Waals surface area contributed by atoms with Crippen LogP contribution in [0.25, 0.3) is 0 Å². The Labute approximate surface area is 160 Å². The Morgan fingerprint density at radius 1 is 1.22 bits per heavy atom. The fourth-order valence-electron chi connectivity index (χ4n) is 4.38. The van der Waals surface area contributed by atoms with E-state index in [4.69, 9.17) is 4.74 Å². The Balaban J connectivity index is 1.42. The molecule has 1 aromatic carbocycles. The van der Waals surface area contributed by atoms with Crippen molar-refractivity contribution in [3.05, 3.63) is 54.4 Å². The summed E-state index contributed by atoms with van der Waals surface area (Å²) in [5, 5.41) is 7.53. The number of rotatable bonds is 5. The fourth-order valence-corrected chi connectivity index (χ4v) is 4.38. The summed E-state index contributed by atoms with van der Waals surface area (Å²) < 4.78 is 7.51. The maximum atomic E-state index is 13.0. The number of carbonyl (C=O) groups excluding carboxylic acids is 1. The van der Waals surface area contributed by atoms with Crippen LogP contribution in [0.4, 0.5) is 4.79 Å². The van der Waals surface area contributed by atoms with Gasteiger partial charge in [0, 0.05) is 44.1 Å². The smallest absolute Gasteiger partial charge is 0.317 e. The van der Waals surface area contributed by atoms with Crippen LogP contribution in [-0.2, 0) is 16.7 Å². The molecule has 2 aliphatic rings. The zero-order valence-electron chi connectivity index (χ0n) is 15.7. The molecule has 0 radical (unpaired) electrons. The second-order valence-electron chi connectivity index (χ2n) is 7.63. The number of benzene rings is 1. The molecule has 0 spiro atoms. The van der Waals surface area contributed by atoms with Crippen LogP contribution in [-0.4, -0.2) is 53.1 Å². The number of amides is 2. The highest BCUT2D eigenvalue weighted by Crippen LogP contribution is 2.34. The Kier molecular flexibility index (Phi) is 5.43. The first kappa shape index (κ1) is 18.0. The first-order valence-electron chi connectivity index (χ1n) is 9.92. The molecule has 2 aromatic rings. The minimum absolute atomic E-state index is 0.0353. The molecule has 27 heavy (non-hydrogen) atoms. The van der Waals surface area contributed by atoms with Crippen LogP contribution in [0.2, 0.25) is 0 Å². The quantitative estimate of drug-likeness (QED) is 0.883. The summed E-state index contributed by atoms with van der Waals surface area (Å²) in [4.78, 5) is 14.9. The maximum Gasteiger partial charge on any atom is 0.317 e. The Morgan fingerprint density at radius 3 is 2.78 bits per heavy atom. The van der Waals surface area contributed by atoms with E-state index in [1.165, 1.54) is 5.56 Å². The number of hydrogen-bond donors (Lipinski definition) is 1. The molecule has 2 amide bonds. The molecular weight excluding hydrogens is 340 g/mol. The largest absolute Gasteiger partial charge is 0.381 e. The molecule has 6 nitrogen and oxygen atoms in total. The summed E-state index contributed by atoms with van der Waals surface area (Å²) in [6.45, 7) is 3.73. The van der Waals surface area contributed by atoms with E-state index in [9.17, 15) is 4.79 Å². The second-order valence-corrected chi connectivity index (χ2v) is 7.63. The molecule has 1 aromatic heterocycles. The number of likely N-dealkylation sites (tertiary alicyclic amines) is 1. The van der Waals surface area contributed by atoms with E-state index in [-0.39, 0.29) is 17.5 Å². The molecule has 2 fully saturated rings. The topological polar surface area (TPSA) is 59.4 Å². The van der Waals surface area contributed by atoms with Gasteiger partial charge in [-0.2, -0.15) is 5.10 Å². The van der Waals surface area contributed by atoms with Gasteiger partial charge >= 0.3 is 6.03 Å². The summed E-state index contributed by atoms with van der Waals surface area (Å²) in [5.74, 6) is 0. The van der Waals surface area contributed by atoms with Crippen molar-refractivity contribution in [1.29, 1.82) is 0 Å². The van der Waals surface area contributed by atoms with Crippen molar-refractivity contribution >= 4 is 6.03 Å². The van der Waals surface area contributed by atoms with Crippen LogP contribution in [0.1, 0.15) is 31.2 Å². The zero-order valence-corrected chi connectivity index (χ0v) is 15.7. The van der Waals surface area contributed by atoms with Gasteiger partial charge in [-0.25, -0.2) is 4.79 Å². The van der Waals surface area contributed by atoms with Gasteiger partial charge in [-0.3, -0.25) is 4.68 Å². The number of urea groups is 1. The normalized spacial score (nSPS) is 21.9. The average molecular weight is 368 g/mol. The van der Waals surface area contributed by atoms with E-state index in [1.807, 2.05) is 27.9 Å². The molecular formula is C21H28N4O2. The van der Waals surface area contributed by atoms with Crippen molar-refractivity contribution in [1.82, 2.24) is 20.0 Å². The number of ether oxygens (including phenoxy) is 1. The summed E-state index contributed by atoms with van der Waals surface area (Å²) in [7, 11) is 0. The zero-order chi connectivity index (χ0) is 18.5. The molecule has 2 saturated heterocycles. The van der Waals surface area contributed by atoms with Crippen LogP contribution in [0.5, 0.6) is 0 Å². The van der Waals surface area contributed by atoms with E-state index in [0.29, 0.717) is 6.54 Å². The molecule has 1 N–H and O–H groups in total. The van der Waals surface area contributed by atoms with Crippen molar-refractivity contribution in [2.24, 2.45) is 0 Å². The Hall–Kier alpha value is -2.34. The number of nitrogens with one attached hydrogen (secondary N) is 1. The summed E-state index contributed by atoms with van der Waals surface area (Å²) in [6.07, 6.45) is 7.71. The highest BCUT2D eigenvalue weighted by Gasteiger charge is 2.36. The van der Waals surface area contributed by atoms with Crippen molar-refractivity contribution in [2.45, 2.75) is 43.7 Å². The van der Waals surface area contributed by atoms with E-state index >= 15 is 0 Å². The number of nitrogens with zero attached hydrogens (tertiary/aromatic N) is 3. The lowest BCUT2D eigenvalue weighted by Gasteiger charge is -2.38. The van der Waals surface area contributed by atoms with Crippen LogP contribution in [0, 0.1) is 0 Å². The molecule has 3 heterocycles. The highest BCUT2D eigenvalue weighted by molar-refractivity contribution is 5.75. The monoisotopic (exact) mass is 368 g/mol. The maximum absolute atomic E-state index is 13.0. The third-order valence-corrected chi connectivity index (χ3v) is 6.01. The lowest BCUT2D eigenvalue weighted by molar-refractivity contribution is 0.0500. The molecule has 0 aliphatic carbocycles. The van der Waals surface area contributed by atoms with Gasteiger partial charge in [-0.1, -0.05) is 30.3 Å². The van der Waals surface area contributed by atoms with Crippen LogP contribution in [0.3, 0.4) is 0 Å². The average Bonchev–Trinajstić information content (AvgIpc) is 3.40. The predicted octanol–water partition coefficient (Wildman–Crippen LogP) is 2.81. The second kappa shape index (κ2) is 8.13. The number of carbonyl (C=O) groups is 1. The minimum atomic E-state index is -0.0353. The van der Waals surface area contributed by atoms with Gasteiger partial charge < -0.3 is 15.0 Å². The molecule has 0 saturated carbocycles. The number of hydrogen-bond acceptors (Lipinski definition) is 3. The lowest BCUT2D eigenvalue weighted by atomic mass is 9.74. The fraction of sp³-hybridized carbons (Fsp3) is 0.524. The lowest BCUT2D eigenvalue weighted by Crippen LogP contribution is -2.50. The summed E-state index contributed by atoms with van der Waals surface area (Å²) in [5.41, 5.74) is 1.26. The van der Waals surface area contributed by atoms with Crippen molar-refractivity contribution in [3.63, 3.8) is 0 Å². The molecule has 4 rings (SSSR count). The van der Waals surface area contributed by atoms with E-state index in [1.54, 1.807) is 6.20 Å².